The average Bonchev–Trinajstić information content (AvgIpc) is 3.81. The number of ether oxygens (including phenoxy) is 1. The standard InChI is InChI=1S/C38H68N7O18P3S/c1-4-5-6-12-15-26(46)16-13-10-8-7-9-11-14-17-29(48)67-21-20-40-28(47)18-19-41-36(51)33(50)38(2,3)23-60-66(57,58)63-65(55,56)59-22-27-32(62-64(52,53)54)31(49)37(61-27)45-25-44-30-34(39)42-24-43-35(30)45/h24-27,31-33,37,46,49-50H,4-23H2,1-3H3,(H,40,47)(H,41,51)(H,55,56)(H,57,58)(H2,39,42,43)(H2,52,53,54). The van der Waals surface area contributed by atoms with Gasteiger partial charge in [-0.3, -0.25) is 32.5 Å². The Balaban J connectivity index is 1.31. The number of amides is 2. The zero-order valence-corrected chi connectivity index (χ0v) is 41.5. The highest BCUT2D eigenvalue weighted by molar-refractivity contribution is 8.13. The summed E-state index contributed by atoms with van der Waals surface area (Å²) in [5, 5.41) is 36.7. The van der Waals surface area contributed by atoms with Crippen molar-refractivity contribution in [2.45, 2.75) is 154 Å². The molecule has 384 valence electrons. The summed E-state index contributed by atoms with van der Waals surface area (Å²) < 4.78 is 62.4. The fourth-order valence-electron chi connectivity index (χ4n) is 6.85. The summed E-state index contributed by atoms with van der Waals surface area (Å²) in [7, 11) is -16.4. The Morgan fingerprint density at radius 3 is 2.16 bits per heavy atom. The molecular weight excluding hydrogens is 967 g/mol. The number of hydrogen-bond donors (Lipinski definition) is 10. The average molecular weight is 1040 g/mol. The second-order valence-electron chi connectivity index (χ2n) is 16.8. The molecule has 3 heterocycles. The quantitative estimate of drug-likeness (QED) is 0.0354. The summed E-state index contributed by atoms with van der Waals surface area (Å²) in [4.78, 5) is 88.3. The molecule has 2 aromatic rings. The maximum atomic E-state index is 12.7. The van der Waals surface area contributed by atoms with Crippen LogP contribution in [0.2, 0.25) is 0 Å². The molecule has 11 N–H and O–H groups in total. The van der Waals surface area contributed by atoms with Gasteiger partial charge in [-0.25, -0.2) is 28.6 Å². The van der Waals surface area contributed by atoms with Crippen molar-refractivity contribution in [3.8, 4) is 0 Å². The number of phosphoric acid groups is 3. The molecule has 3 rings (SSSR count). The number of nitrogens with one attached hydrogen (secondary N) is 2. The van der Waals surface area contributed by atoms with E-state index < -0.39 is 84.6 Å². The van der Waals surface area contributed by atoms with Crippen LogP contribution in [0.15, 0.2) is 12.7 Å². The lowest BCUT2D eigenvalue weighted by molar-refractivity contribution is -0.137. The molecule has 0 aliphatic carbocycles. The van der Waals surface area contributed by atoms with Gasteiger partial charge in [0.2, 0.25) is 11.8 Å². The second-order valence-corrected chi connectivity index (χ2v) is 22.2. The summed E-state index contributed by atoms with van der Waals surface area (Å²) in [6.07, 6.45) is 6.96. The Kier molecular flexibility index (Phi) is 24.9. The number of nitrogens with two attached hydrogens (primary N) is 1. The van der Waals surface area contributed by atoms with Crippen LogP contribution >= 0.6 is 35.2 Å². The van der Waals surface area contributed by atoms with E-state index in [0.717, 1.165) is 93.2 Å². The van der Waals surface area contributed by atoms with Gasteiger partial charge in [-0.15, -0.1) is 0 Å². The molecule has 8 atom stereocenters. The number of aliphatic hydroxyl groups excluding tert-OH is 3. The van der Waals surface area contributed by atoms with Crippen molar-refractivity contribution in [3.05, 3.63) is 12.7 Å². The molecule has 0 bridgehead atoms. The minimum absolute atomic E-state index is 0.0305. The van der Waals surface area contributed by atoms with E-state index in [1.165, 1.54) is 33.1 Å². The van der Waals surface area contributed by atoms with Crippen LogP contribution in [0.3, 0.4) is 0 Å². The smallest absolute Gasteiger partial charge is 0.393 e. The molecular formula is C38H68N7O18P3S. The summed E-state index contributed by atoms with van der Waals surface area (Å²) in [6.45, 7) is 2.70. The molecule has 0 spiro atoms. The third-order valence-corrected chi connectivity index (χ3v) is 14.6. The molecule has 0 radical (unpaired) electrons. The van der Waals surface area contributed by atoms with Crippen LogP contribution in [-0.2, 0) is 50.7 Å². The van der Waals surface area contributed by atoms with Crippen molar-refractivity contribution in [2.24, 2.45) is 5.41 Å². The van der Waals surface area contributed by atoms with Gasteiger partial charge in [0, 0.05) is 37.1 Å². The fraction of sp³-hybridized carbons (Fsp3) is 0.789. The Bertz CT molecular complexity index is 2010. The molecule has 29 heteroatoms. The first-order chi connectivity index (χ1) is 31.4. The third kappa shape index (κ3) is 21.6. The van der Waals surface area contributed by atoms with Gasteiger partial charge >= 0.3 is 23.5 Å². The minimum atomic E-state index is -5.58. The van der Waals surface area contributed by atoms with Gasteiger partial charge in [0.15, 0.2) is 22.8 Å². The van der Waals surface area contributed by atoms with Crippen molar-refractivity contribution < 1.29 is 85.6 Å². The summed E-state index contributed by atoms with van der Waals surface area (Å²) in [5.41, 5.74) is 4.27. The van der Waals surface area contributed by atoms with Gasteiger partial charge in [0.25, 0.3) is 0 Å². The van der Waals surface area contributed by atoms with Crippen LogP contribution in [0.5, 0.6) is 0 Å². The zero-order chi connectivity index (χ0) is 49.8. The first-order valence-corrected chi connectivity index (χ1v) is 27.7. The number of aromatic nitrogens is 4. The number of rotatable bonds is 34. The largest absolute Gasteiger partial charge is 0.481 e. The normalized spacial score (nSPS) is 20.6. The fourth-order valence-corrected chi connectivity index (χ4v) is 10.4. The lowest BCUT2D eigenvalue weighted by Crippen LogP contribution is -2.46. The Labute approximate surface area is 393 Å². The summed E-state index contributed by atoms with van der Waals surface area (Å²) in [6, 6.07) is 0. The van der Waals surface area contributed by atoms with Crippen LogP contribution in [0.1, 0.15) is 123 Å². The van der Waals surface area contributed by atoms with E-state index in [-0.39, 0.29) is 47.7 Å². The number of thioether (sulfide) groups is 1. The molecule has 2 aromatic heterocycles. The monoisotopic (exact) mass is 1040 g/mol. The SMILES string of the molecule is CCCCCCC(O)CCCCCCCCCC(=O)SCCNC(=O)CCNC(=O)C(O)C(C)(C)COP(=O)(O)OP(=O)(O)OCC1OC(n2cnc3c(N)ncnc32)C(O)C1OP(=O)(O)O. The number of carbonyl (C=O) groups is 3. The second kappa shape index (κ2) is 28.4. The van der Waals surface area contributed by atoms with Crippen molar-refractivity contribution >= 4 is 69.1 Å². The highest BCUT2D eigenvalue weighted by atomic mass is 32.2. The number of nitrogen functional groups attached to an aromatic ring is 1. The number of hydrogen-bond acceptors (Lipinski definition) is 19. The molecule has 67 heavy (non-hydrogen) atoms. The molecule has 1 aliphatic rings. The summed E-state index contributed by atoms with van der Waals surface area (Å²) >= 11 is 1.13. The maximum Gasteiger partial charge on any atom is 0.481 e. The van der Waals surface area contributed by atoms with Gasteiger partial charge < -0.3 is 56.0 Å². The number of imidazole rings is 1. The molecule has 2 amide bonds. The highest BCUT2D eigenvalue weighted by Crippen LogP contribution is 2.61. The van der Waals surface area contributed by atoms with Gasteiger partial charge in [0.05, 0.1) is 25.6 Å². The highest BCUT2D eigenvalue weighted by Gasteiger charge is 2.50. The van der Waals surface area contributed by atoms with Crippen molar-refractivity contribution in [1.82, 2.24) is 30.2 Å². The van der Waals surface area contributed by atoms with Gasteiger partial charge in [-0.1, -0.05) is 96.7 Å². The predicted molar refractivity (Wildman–Crippen MR) is 243 cm³/mol. The molecule has 25 nitrogen and oxygen atoms in total. The van der Waals surface area contributed by atoms with Gasteiger partial charge in [0.1, 0.15) is 36.3 Å². The van der Waals surface area contributed by atoms with Crippen LogP contribution in [-0.4, -0.2) is 134 Å². The van der Waals surface area contributed by atoms with E-state index in [1.54, 1.807) is 0 Å². The lowest BCUT2D eigenvalue weighted by Gasteiger charge is -2.30. The van der Waals surface area contributed by atoms with Crippen molar-refractivity contribution in [1.29, 1.82) is 0 Å². The third-order valence-electron chi connectivity index (χ3n) is 10.6. The molecule has 1 fully saturated rings. The topological polar surface area (TPSA) is 384 Å². The molecule has 0 saturated carbocycles. The van der Waals surface area contributed by atoms with E-state index in [9.17, 15) is 63.0 Å². The first kappa shape index (κ1) is 58.8. The van der Waals surface area contributed by atoms with E-state index in [4.69, 9.17) is 19.5 Å². The van der Waals surface area contributed by atoms with Gasteiger partial charge in [-0.2, -0.15) is 4.31 Å². The zero-order valence-electron chi connectivity index (χ0n) is 38.0. The molecule has 1 aliphatic heterocycles. The lowest BCUT2D eigenvalue weighted by atomic mass is 9.87. The molecule has 0 aromatic carbocycles. The number of carbonyl (C=O) groups excluding carboxylic acids is 3. The number of phosphoric ester groups is 3. The van der Waals surface area contributed by atoms with Crippen LogP contribution in [0, 0.1) is 5.41 Å². The van der Waals surface area contributed by atoms with Crippen molar-refractivity contribution in [2.75, 3.05) is 37.8 Å². The Morgan fingerprint density at radius 1 is 0.881 bits per heavy atom. The summed E-state index contributed by atoms with van der Waals surface area (Å²) in [5.74, 6) is -1.07. The Morgan fingerprint density at radius 2 is 1.51 bits per heavy atom. The van der Waals surface area contributed by atoms with Crippen LogP contribution in [0.4, 0.5) is 5.82 Å². The van der Waals surface area contributed by atoms with Crippen molar-refractivity contribution in [3.63, 3.8) is 0 Å². The van der Waals surface area contributed by atoms with Gasteiger partial charge in [-0.05, 0) is 19.3 Å². The van der Waals surface area contributed by atoms with E-state index in [0.29, 0.717) is 12.2 Å². The predicted octanol–water partition coefficient (Wildman–Crippen LogP) is 3.51. The molecule has 1 saturated heterocycles. The maximum absolute atomic E-state index is 12.7. The van der Waals surface area contributed by atoms with E-state index in [1.807, 2.05) is 0 Å². The van der Waals surface area contributed by atoms with E-state index in [2.05, 4.69) is 41.3 Å². The Hall–Kier alpha value is -2.48. The number of fused-ring (bicyclic) bond motifs is 1. The van der Waals surface area contributed by atoms with Crippen LogP contribution < -0.4 is 16.4 Å². The number of unbranched alkanes of at least 4 members (excludes halogenated alkanes) is 9. The first-order valence-electron chi connectivity index (χ1n) is 22.2. The number of anilines is 1. The number of nitrogens with zero attached hydrogens (tertiary/aromatic N) is 4. The van der Waals surface area contributed by atoms with Crippen LogP contribution in [0.25, 0.3) is 11.2 Å². The van der Waals surface area contributed by atoms with E-state index >= 15 is 0 Å². The minimum Gasteiger partial charge on any atom is -0.393 e. The molecule has 8 unspecified atom stereocenters. The number of aliphatic hydroxyl groups is 3.